The van der Waals surface area contributed by atoms with Gasteiger partial charge < -0.3 is 20.0 Å². The molecule has 1 aromatic carbocycles. The number of carboxylic acid groups (broad SMARTS) is 1. The summed E-state index contributed by atoms with van der Waals surface area (Å²) in [4.78, 5) is 27.5. The summed E-state index contributed by atoms with van der Waals surface area (Å²) in [6.07, 6.45) is -1.37. The van der Waals surface area contributed by atoms with Crippen molar-refractivity contribution in [1.29, 1.82) is 0 Å². The van der Waals surface area contributed by atoms with E-state index in [1.807, 2.05) is 18.7 Å². The molecule has 0 aromatic heterocycles. The first kappa shape index (κ1) is 19.2. The molecule has 1 aromatic rings. The van der Waals surface area contributed by atoms with E-state index in [0.717, 1.165) is 5.69 Å². The third-order valence-electron chi connectivity index (χ3n) is 4.46. The van der Waals surface area contributed by atoms with E-state index in [1.54, 1.807) is 17.0 Å². The van der Waals surface area contributed by atoms with Gasteiger partial charge in [0.2, 0.25) is 5.91 Å². The van der Waals surface area contributed by atoms with Crippen LogP contribution in [0, 0.1) is 17.7 Å². The van der Waals surface area contributed by atoms with Crippen LogP contribution in [-0.4, -0.2) is 59.3 Å². The van der Waals surface area contributed by atoms with Gasteiger partial charge in [-0.3, -0.25) is 4.79 Å². The largest absolute Gasteiger partial charge is 0.479 e. The number of benzene rings is 1. The molecule has 0 saturated carbocycles. The van der Waals surface area contributed by atoms with Gasteiger partial charge in [0.05, 0.1) is 5.92 Å². The lowest BCUT2D eigenvalue weighted by molar-refractivity contribution is -0.157. The second-order valence-corrected chi connectivity index (χ2v) is 6.81. The normalized spacial score (nSPS) is 17.5. The first-order chi connectivity index (χ1) is 11.8. The average Bonchev–Trinajstić information content (AvgIpc) is 2.59. The van der Waals surface area contributed by atoms with E-state index < -0.39 is 18.0 Å². The van der Waals surface area contributed by atoms with Crippen molar-refractivity contribution in [3.05, 3.63) is 30.1 Å². The van der Waals surface area contributed by atoms with Crippen molar-refractivity contribution in [2.75, 3.05) is 31.1 Å². The molecule has 1 amide bonds. The molecule has 0 unspecified atom stereocenters. The van der Waals surface area contributed by atoms with E-state index in [9.17, 15) is 19.1 Å². The summed E-state index contributed by atoms with van der Waals surface area (Å²) < 4.78 is 13.0. The minimum atomic E-state index is -1.69. The highest BCUT2D eigenvalue weighted by atomic mass is 19.1. The van der Waals surface area contributed by atoms with Gasteiger partial charge in [-0.1, -0.05) is 13.8 Å². The van der Waals surface area contributed by atoms with Crippen molar-refractivity contribution in [2.24, 2.45) is 11.8 Å². The predicted molar refractivity (Wildman–Crippen MR) is 91.8 cm³/mol. The van der Waals surface area contributed by atoms with Crippen LogP contribution in [0.15, 0.2) is 24.3 Å². The van der Waals surface area contributed by atoms with Crippen molar-refractivity contribution in [1.82, 2.24) is 4.90 Å². The van der Waals surface area contributed by atoms with E-state index in [1.165, 1.54) is 12.1 Å². The minimum Gasteiger partial charge on any atom is -0.479 e. The van der Waals surface area contributed by atoms with Crippen LogP contribution in [0.5, 0.6) is 0 Å². The molecule has 0 aliphatic carbocycles. The summed E-state index contributed by atoms with van der Waals surface area (Å²) >= 11 is 0. The fraction of sp³-hybridized carbons (Fsp3) is 0.556. The molecule has 1 aliphatic heterocycles. The zero-order valence-electron chi connectivity index (χ0n) is 14.6. The Hall–Kier alpha value is -2.15. The second kappa shape index (κ2) is 8.29. The smallest absolute Gasteiger partial charge is 0.333 e. The van der Waals surface area contributed by atoms with Crippen molar-refractivity contribution >= 4 is 17.6 Å². The number of piperazine rings is 1. The van der Waals surface area contributed by atoms with Gasteiger partial charge in [0.15, 0.2) is 6.10 Å². The van der Waals surface area contributed by atoms with Crippen molar-refractivity contribution in [3.8, 4) is 0 Å². The lowest BCUT2D eigenvalue weighted by atomic mass is 9.90. The summed E-state index contributed by atoms with van der Waals surface area (Å²) in [6.45, 7) is 5.82. The zero-order chi connectivity index (χ0) is 18.6. The maximum Gasteiger partial charge on any atom is 0.333 e. The van der Waals surface area contributed by atoms with E-state index in [0.29, 0.717) is 32.6 Å². The van der Waals surface area contributed by atoms with Crippen LogP contribution in [-0.2, 0) is 9.59 Å². The minimum absolute atomic E-state index is 0.100. The Bertz CT molecular complexity index is 598. The summed E-state index contributed by atoms with van der Waals surface area (Å²) in [5, 5.41) is 19.0. The fourth-order valence-corrected chi connectivity index (χ4v) is 3.12. The van der Waals surface area contributed by atoms with Crippen LogP contribution in [0.25, 0.3) is 0 Å². The van der Waals surface area contributed by atoms with Crippen LogP contribution in [0.1, 0.15) is 20.3 Å². The molecule has 0 radical (unpaired) electrons. The first-order valence-corrected chi connectivity index (χ1v) is 8.49. The standard InChI is InChI=1S/C18H25FN2O4/c1-12(2)11-15(16(22)18(24)25)17(23)21-9-7-20(8-10-21)14-5-3-13(19)4-6-14/h3-6,12,15-16,22H,7-11H2,1-2H3,(H,24,25)/t15-,16+/m0/s1. The molecular formula is C18H25FN2O4. The third kappa shape index (κ3) is 4.92. The highest BCUT2D eigenvalue weighted by molar-refractivity contribution is 5.86. The maximum atomic E-state index is 13.0. The predicted octanol–water partition coefficient (Wildman–Crippen LogP) is 1.58. The summed E-state index contributed by atoms with van der Waals surface area (Å²) in [6, 6.07) is 6.19. The molecule has 2 atom stereocenters. The number of anilines is 1. The second-order valence-electron chi connectivity index (χ2n) is 6.81. The van der Waals surface area contributed by atoms with Gasteiger partial charge in [-0.2, -0.15) is 0 Å². The van der Waals surface area contributed by atoms with Crippen molar-refractivity contribution < 1.29 is 24.2 Å². The Kier molecular flexibility index (Phi) is 6.36. The lowest BCUT2D eigenvalue weighted by Crippen LogP contribution is -2.52. The topological polar surface area (TPSA) is 81.1 Å². The molecule has 6 nitrogen and oxygen atoms in total. The number of carbonyl (C=O) groups excluding carboxylic acids is 1. The zero-order valence-corrected chi connectivity index (χ0v) is 14.6. The molecule has 1 heterocycles. The van der Waals surface area contributed by atoms with Crippen LogP contribution < -0.4 is 4.90 Å². The average molecular weight is 352 g/mol. The Morgan fingerprint density at radius 2 is 1.68 bits per heavy atom. The Labute approximate surface area is 146 Å². The molecule has 0 spiro atoms. The molecule has 25 heavy (non-hydrogen) atoms. The number of rotatable bonds is 6. The number of aliphatic hydroxyl groups is 1. The molecule has 1 fully saturated rings. The van der Waals surface area contributed by atoms with Gasteiger partial charge in [0.1, 0.15) is 5.82 Å². The third-order valence-corrected chi connectivity index (χ3v) is 4.46. The highest BCUT2D eigenvalue weighted by Crippen LogP contribution is 2.22. The summed E-state index contributed by atoms with van der Waals surface area (Å²) in [5.74, 6) is -2.82. The van der Waals surface area contributed by atoms with Crippen LogP contribution in [0.2, 0.25) is 0 Å². The molecular weight excluding hydrogens is 327 g/mol. The number of nitrogens with zero attached hydrogens (tertiary/aromatic N) is 2. The van der Waals surface area contributed by atoms with Crippen molar-refractivity contribution in [3.63, 3.8) is 0 Å². The Morgan fingerprint density at radius 3 is 2.16 bits per heavy atom. The number of aliphatic carboxylic acids is 1. The molecule has 2 N–H and O–H groups in total. The number of amides is 1. The summed E-state index contributed by atoms with van der Waals surface area (Å²) in [7, 11) is 0. The SMILES string of the molecule is CC(C)C[C@H](C(=O)N1CCN(c2ccc(F)cc2)CC1)[C@@H](O)C(=O)O. The van der Waals surface area contributed by atoms with Crippen LogP contribution in [0.4, 0.5) is 10.1 Å². The molecule has 0 bridgehead atoms. The van der Waals surface area contributed by atoms with E-state index >= 15 is 0 Å². The van der Waals surface area contributed by atoms with Crippen molar-refractivity contribution in [2.45, 2.75) is 26.4 Å². The Balaban J connectivity index is 2.00. The number of hydrogen-bond acceptors (Lipinski definition) is 4. The van der Waals surface area contributed by atoms with E-state index in [4.69, 9.17) is 5.11 Å². The number of carboxylic acids is 1. The molecule has 7 heteroatoms. The monoisotopic (exact) mass is 352 g/mol. The number of aliphatic hydroxyl groups excluding tert-OH is 1. The van der Waals surface area contributed by atoms with Crippen LogP contribution >= 0.6 is 0 Å². The molecule has 1 saturated heterocycles. The summed E-state index contributed by atoms with van der Waals surface area (Å²) in [5.41, 5.74) is 0.887. The first-order valence-electron chi connectivity index (χ1n) is 8.49. The van der Waals surface area contributed by atoms with Gasteiger partial charge in [0, 0.05) is 31.9 Å². The highest BCUT2D eigenvalue weighted by Gasteiger charge is 2.36. The number of halogens is 1. The quantitative estimate of drug-likeness (QED) is 0.812. The number of hydrogen-bond donors (Lipinski definition) is 2. The van der Waals surface area contributed by atoms with Gasteiger partial charge in [-0.25, -0.2) is 9.18 Å². The van der Waals surface area contributed by atoms with Crippen LogP contribution in [0.3, 0.4) is 0 Å². The van der Waals surface area contributed by atoms with Gasteiger partial charge in [-0.15, -0.1) is 0 Å². The lowest BCUT2D eigenvalue weighted by Gasteiger charge is -2.38. The van der Waals surface area contributed by atoms with Gasteiger partial charge >= 0.3 is 5.97 Å². The van der Waals surface area contributed by atoms with Gasteiger partial charge in [0.25, 0.3) is 0 Å². The van der Waals surface area contributed by atoms with Gasteiger partial charge in [-0.05, 0) is 36.6 Å². The molecule has 138 valence electrons. The number of carbonyl (C=O) groups is 2. The van der Waals surface area contributed by atoms with E-state index in [2.05, 4.69) is 0 Å². The fourth-order valence-electron chi connectivity index (χ4n) is 3.12. The van der Waals surface area contributed by atoms with E-state index in [-0.39, 0.29) is 17.6 Å². The Morgan fingerprint density at radius 1 is 1.12 bits per heavy atom. The maximum absolute atomic E-state index is 13.0. The molecule has 2 rings (SSSR count). The molecule has 1 aliphatic rings.